The van der Waals surface area contributed by atoms with Crippen molar-refractivity contribution in [3.8, 4) is 17.2 Å². The summed E-state index contributed by atoms with van der Waals surface area (Å²) in [6.07, 6.45) is 15.9. The summed E-state index contributed by atoms with van der Waals surface area (Å²) in [5.74, 6) is 2.68. The number of urea groups is 1. The van der Waals surface area contributed by atoms with Gasteiger partial charge in [-0.1, -0.05) is 52.0 Å². The highest BCUT2D eigenvalue weighted by molar-refractivity contribution is 7.88. The van der Waals surface area contributed by atoms with Crippen molar-refractivity contribution < 1.29 is 37.8 Å². The average molecular weight is 876 g/mol. The fraction of sp³-hybridized carbons (Fsp3) is 0.457. The number of nitrogens with zero attached hydrogens (tertiary/aromatic N) is 3. The van der Waals surface area contributed by atoms with E-state index in [9.17, 15) is 9.35 Å². The Morgan fingerprint density at radius 3 is 2.40 bits per heavy atom. The lowest BCUT2D eigenvalue weighted by molar-refractivity contribution is 0.0324. The van der Waals surface area contributed by atoms with Crippen LogP contribution in [0.2, 0.25) is 0 Å². The molecule has 0 heterocycles. The maximum atomic E-state index is 13.7. The van der Waals surface area contributed by atoms with Crippen LogP contribution in [-0.4, -0.2) is 108 Å². The number of carbonyl (C=O) groups excluding carboxylic acids is 1. The standard InChI is InChI=1S/C46H65N7O8S/c1-11-19-47-44(49-35-28-36(56-8)31-37(29-35)60-25-24-59-23-22-58-21-20-53(6)7)48-32(2)61-42-18-17-40(38-15-13-12-14-16-39(38)42)51-45(54)50-34-26-33(46(3,4)5)27-41(52-62(10)55)43(30-34)57-9/h12-14,16-19,26-29,31-32,52H,11,15,20-25,30H2,1-10H3,(H,48,49)(H2,50,51,54)/b47-19-. The van der Waals surface area contributed by atoms with Gasteiger partial charge in [0.15, 0.2) is 6.23 Å². The summed E-state index contributed by atoms with van der Waals surface area (Å²) in [5.41, 5.74) is 4.89. The summed E-state index contributed by atoms with van der Waals surface area (Å²) in [5, 5.41) is 9.39. The van der Waals surface area contributed by atoms with Crippen molar-refractivity contribution in [2.45, 2.75) is 60.1 Å². The average Bonchev–Trinajstić information content (AvgIpc) is 3.57. The number of aliphatic imine (C=N–C) groups is 2. The Balaban J connectivity index is 1.47. The molecule has 16 heteroatoms. The van der Waals surface area contributed by atoms with Gasteiger partial charge in [-0.3, -0.25) is 0 Å². The van der Waals surface area contributed by atoms with E-state index < -0.39 is 23.6 Å². The van der Waals surface area contributed by atoms with E-state index >= 15 is 0 Å². The van der Waals surface area contributed by atoms with Gasteiger partial charge in [0.2, 0.25) is 5.96 Å². The van der Waals surface area contributed by atoms with Gasteiger partial charge < -0.3 is 53.8 Å². The van der Waals surface area contributed by atoms with Gasteiger partial charge in [0.1, 0.15) is 41.6 Å². The minimum absolute atomic E-state index is 0.271. The first kappa shape index (κ1) is 49.4. The molecule has 0 radical (unpaired) electrons. The van der Waals surface area contributed by atoms with Crippen LogP contribution < -0.4 is 34.9 Å². The van der Waals surface area contributed by atoms with Gasteiger partial charge in [0.25, 0.3) is 0 Å². The number of guanidine groups is 1. The van der Waals surface area contributed by atoms with Gasteiger partial charge in [-0.05, 0) is 74.7 Å². The van der Waals surface area contributed by atoms with Crippen molar-refractivity contribution in [1.82, 2.24) is 14.9 Å². The molecular weight excluding hydrogens is 811 g/mol. The molecule has 62 heavy (non-hydrogen) atoms. The van der Waals surface area contributed by atoms with Crippen molar-refractivity contribution in [3.63, 3.8) is 0 Å². The number of hydrogen-bond acceptors (Lipinski definition) is 11. The first-order valence-corrected chi connectivity index (χ1v) is 22.3. The molecule has 338 valence electrons. The lowest BCUT2D eigenvalue weighted by Gasteiger charge is -2.21. The zero-order valence-corrected chi connectivity index (χ0v) is 38.7. The third-order valence-corrected chi connectivity index (χ3v) is 9.75. The maximum absolute atomic E-state index is 13.7. The number of rotatable bonds is 21. The Morgan fingerprint density at radius 1 is 0.968 bits per heavy atom. The Kier molecular flexibility index (Phi) is 19.9. The van der Waals surface area contributed by atoms with E-state index in [0.29, 0.717) is 97.6 Å². The number of amides is 2. The number of likely N-dealkylation sites (N-methyl/N-ethyl adjacent to an activating group) is 1. The Bertz CT molecular complexity index is 2020. The first-order chi connectivity index (χ1) is 29.7. The fourth-order valence-electron chi connectivity index (χ4n) is 6.12. The molecule has 0 spiro atoms. The van der Waals surface area contributed by atoms with Crippen molar-refractivity contribution in [3.05, 3.63) is 94.6 Å². The second-order valence-corrected chi connectivity index (χ2v) is 16.8. The molecule has 0 aliphatic heterocycles. The van der Waals surface area contributed by atoms with E-state index in [4.69, 9.17) is 33.4 Å². The molecule has 0 bridgehead atoms. The summed E-state index contributed by atoms with van der Waals surface area (Å²) in [7, 11) is 7.17. The molecule has 0 saturated carbocycles. The van der Waals surface area contributed by atoms with Crippen LogP contribution in [0.3, 0.4) is 0 Å². The van der Waals surface area contributed by atoms with Crippen LogP contribution in [0.1, 0.15) is 58.6 Å². The van der Waals surface area contributed by atoms with Gasteiger partial charge >= 0.3 is 6.03 Å². The van der Waals surface area contributed by atoms with E-state index in [1.165, 1.54) is 0 Å². The van der Waals surface area contributed by atoms with Gasteiger partial charge in [-0.25, -0.2) is 19.5 Å². The van der Waals surface area contributed by atoms with Gasteiger partial charge in [0, 0.05) is 60.0 Å². The zero-order valence-electron chi connectivity index (χ0n) is 37.9. The van der Waals surface area contributed by atoms with Crippen molar-refractivity contribution >= 4 is 47.0 Å². The molecular formula is C46H65N7O8S. The van der Waals surface area contributed by atoms with Crippen molar-refractivity contribution in [2.75, 3.05) is 84.8 Å². The predicted molar refractivity (Wildman–Crippen MR) is 251 cm³/mol. The molecule has 2 aromatic rings. The largest absolute Gasteiger partial charge is 0.593 e. The van der Waals surface area contributed by atoms with Crippen molar-refractivity contribution in [1.29, 1.82) is 0 Å². The number of methoxy groups -OCH3 is 2. The van der Waals surface area contributed by atoms with Gasteiger partial charge in [-0.2, -0.15) is 0 Å². The van der Waals surface area contributed by atoms with Crippen LogP contribution in [0.5, 0.6) is 17.2 Å². The number of allylic oxidation sites excluding steroid dienone is 6. The predicted octanol–water partition coefficient (Wildman–Crippen LogP) is 7.59. The SMILES string of the molecule is CC/C=N\C(=N/C(C)Oc1ccc(NC(=O)NC2=CC(C(C)(C)C)=CC(N[S+](C)[O-])=C(OC)C2)c2c1C=CC=CC2)Nc1cc(OC)cc(OCCOCCOCCN(C)C)c1. The van der Waals surface area contributed by atoms with Crippen LogP contribution in [-0.2, 0) is 32.0 Å². The highest BCUT2D eigenvalue weighted by Gasteiger charge is 2.24. The molecule has 2 aliphatic carbocycles. The number of ether oxygens (including phenoxy) is 6. The highest BCUT2D eigenvalue weighted by Crippen LogP contribution is 2.35. The second-order valence-electron chi connectivity index (χ2n) is 15.7. The number of benzene rings is 2. The molecule has 2 atom stereocenters. The van der Waals surface area contributed by atoms with Crippen molar-refractivity contribution in [2.24, 2.45) is 15.4 Å². The smallest absolute Gasteiger partial charge is 0.323 e. The van der Waals surface area contributed by atoms with Crippen LogP contribution in [0.15, 0.2) is 93.4 Å². The minimum atomic E-state index is -1.32. The Morgan fingerprint density at radius 2 is 1.71 bits per heavy atom. The van der Waals surface area contributed by atoms with Gasteiger partial charge in [-0.15, -0.1) is 0 Å². The highest BCUT2D eigenvalue weighted by atomic mass is 32.2. The molecule has 0 fully saturated rings. The third-order valence-electron chi connectivity index (χ3n) is 9.24. The number of anilines is 2. The molecule has 2 unspecified atom stereocenters. The number of hydrogen-bond donors (Lipinski definition) is 4. The number of fused-ring (bicyclic) bond motifs is 1. The zero-order chi connectivity index (χ0) is 45.1. The van der Waals surface area contributed by atoms with Crippen LogP contribution in [0, 0.1) is 5.41 Å². The minimum Gasteiger partial charge on any atom is -0.593 e. The first-order valence-electron chi connectivity index (χ1n) is 20.7. The lowest BCUT2D eigenvalue weighted by atomic mass is 9.85. The molecule has 2 aliphatic rings. The molecule has 4 N–H and O–H groups in total. The lowest BCUT2D eigenvalue weighted by Crippen LogP contribution is -2.29. The Labute approximate surface area is 370 Å². The Hall–Kier alpha value is -5.26. The van der Waals surface area contributed by atoms with E-state index in [2.05, 4.69) is 51.3 Å². The number of carbonyl (C=O) groups is 1. The summed E-state index contributed by atoms with van der Waals surface area (Å²) >= 11 is -1.32. The summed E-state index contributed by atoms with van der Waals surface area (Å²) in [6, 6.07) is 8.72. The fourth-order valence-corrected chi connectivity index (χ4v) is 6.60. The quantitative estimate of drug-likeness (QED) is 0.0422. The molecule has 2 amide bonds. The monoisotopic (exact) mass is 875 g/mol. The van der Waals surface area contributed by atoms with E-state index in [1.807, 2.05) is 88.7 Å². The van der Waals surface area contributed by atoms with Gasteiger partial charge in [0.05, 0.1) is 52.0 Å². The third kappa shape index (κ3) is 16.5. The van der Waals surface area contributed by atoms with Crippen LogP contribution >= 0.6 is 0 Å². The van der Waals surface area contributed by atoms with E-state index in [-0.39, 0.29) is 11.8 Å². The van der Waals surface area contributed by atoms with E-state index in [0.717, 1.165) is 23.2 Å². The summed E-state index contributed by atoms with van der Waals surface area (Å²) < 4.78 is 50.0. The second kappa shape index (κ2) is 25.0. The molecule has 15 nitrogen and oxygen atoms in total. The van der Waals surface area contributed by atoms with E-state index in [1.54, 1.807) is 32.8 Å². The molecule has 0 aromatic heterocycles. The molecule has 0 saturated heterocycles. The normalized spacial score (nSPS) is 15.3. The molecule has 4 rings (SSSR count). The molecule has 2 aromatic carbocycles. The maximum Gasteiger partial charge on any atom is 0.323 e. The van der Waals surface area contributed by atoms with Crippen LogP contribution in [0.4, 0.5) is 16.2 Å². The number of nitrogens with one attached hydrogen (secondary N) is 4. The summed E-state index contributed by atoms with van der Waals surface area (Å²) in [6.45, 7) is 13.3. The summed E-state index contributed by atoms with van der Waals surface area (Å²) in [4.78, 5) is 25.1. The van der Waals surface area contributed by atoms with Crippen LogP contribution in [0.25, 0.3) is 6.08 Å². The topological polar surface area (TPSA) is 172 Å².